The number of fused-ring (bicyclic) bond motifs is 3. The highest BCUT2D eigenvalue weighted by atomic mass is 16.6. The summed E-state index contributed by atoms with van der Waals surface area (Å²) >= 11 is 0. The molecule has 0 aromatic heterocycles. The van der Waals surface area contributed by atoms with Crippen molar-refractivity contribution in [3.63, 3.8) is 0 Å². The minimum Gasteiger partial charge on any atom is -0.436 e. The van der Waals surface area contributed by atoms with Gasteiger partial charge >= 0.3 is 6.09 Å². The van der Waals surface area contributed by atoms with E-state index in [9.17, 15) is 9.90 Å². The van der Waals surface area contributed by atoms with Crippen molar-refractivity contribution in [2.24, 2.45) is 0 Å². The molecule has 1 amide bonds. The Bertz CT molecular complexity index is 721. The van der Waals surface area contributed by atoms with Crippen LogP contribution in [0.2, 0.25) is 0 Å². The van der Waals surface area contributed by atoms with Crippen LogP contribution in [0.15, 0.2) is 48.5 Å². The fraction of sp³-hybridized carbons (Fsp3) is 0.316. The third-order valence-corrected chi connectivity index (χ3v) is 5.10. The third-order valence-electron chi connectivity index (χ3n) is 5.10. The van der Waals surface area contributed by atoms with Gasteiger partial charge in [0, 0.05) is 18.2 Å². The van der Waals surface area contributed by atoms with Crippen LogP contribution in [0.3, 0.4) is 0 Å². The van der Waals surface area contributed by atoms with Gasteiger partial charge in [0.05, 0.1) is 12.1 Å². The van der Waals surface area contributed by atoms with Gasteiger partial charge in [0.1, 0.15) is 0 Å². The molecule has 1 saturated carbocycles. The molecule has 0 atom stereocenters. The van der Waals surface area contributed by atoms with Crippen molar-refractivity contribution in [3.8, 4) is 11.1 Å². The van der Waals surface area contributed by atoms with E-state index in [4.69, 9.17) is 4.74 Å². The number of aliphatic hydroxyl groups excluding tert-OH is 1. The summed E-state index contributed by atoms with van der Waals surface area (Å²) in [6.07, 6.45) is 0.889. The van der Waals surface area contributed by atoms with Crippen LogP contribution >= 0.6 is 0 Å². The first-order chi connectivity index (χ1) is 11.2. The van der Waals surface area contributed by atoms with Crippen molar-refractivity contribution >= 4 is 6.09 Å². The number of hydrogen-bond acceptors (Lipinski definition) is 3. The van der Waals surface area contributed by atoms with Gasteiger partial charge in [-0.2, -0.15) is 0 Å². The molecule has 4 rings (SSSR count). The molecule has 0 unspecified atom stereocenters. The van der Waals surface area contributed by atoms with Crippen LogP contribution in [0.25, 0.3) is 11.1 Å². The average Bonchev–Trinajstić information content (AvgIpc) is 3.34. The molecule has 0 bridgehead atoms. The topological polar surface area (TPSA) is 49.8 Å². The zero-order valence-corrected chi connectivity index (χ0v) is 13.0. The lowest BCUT2D eigenvalue weighted by Crippen LogP contribution is -2.42. The predicted octanol–water partition coefficient (Wildman–Crippen LogP) is 3.35. The number of likely N-dealkylation sites (N-methyl/N-ethyl adjacent to an activating group) is 1. The molecule has 0 aliphatic heterocycles. The molecular weight excluding hydrogens is 290 g/mol. The van der Waals surface area contributed by atoms with E-state index in [1.54, 1.807) is 11.9 Å². The average molecular weight is 309 g/mol. The summed E-state index contributed by atoms with van der Waals surface area (Å²) in [6, 6.07) is 16.0. The number of ether oxygens (including phenoxy) is 1. The summed E-state index contributed by atoms with van der Waals surface area (Å²) < 4.78 is 5.83. The van der Waals surface area contributed by atoms with Crippen LogP contribution in [0.4, 0.5) is 4.79 Å². The van der Waals surface area contributed by atoms with Crippen LogP contribution < -0.4 is 0 Å². The van der Waals surface area contributed by atoms with Gasteiger partial charge in [-0.1, -0.05) is 48.5 Å². The second kappa shape index (κ2) is 5.10. The van der Waals surface area contributed by atoms with Crippen LogP contribution in [-0.4, -0.2) is 35.3 Å². The fourth-order valence-electron chi connectivity index (χ4n) is 3.35. The Hall–Kier alpha value is -2.33. The van der Waals surface area contributed by atoms with Gasteiger partial charge in [-0.15, -0.1) is 0 Å². The fourth-order valence-corrected chi connectivity index (χ4v) is 3.35. The summed E-state index contributed by atoms with van der Waals surface area (Å²) in [5.41, 5.74) is 3.85. The summed E-state index contributed by atoms with van der Waals surface area (Å²) in [7, 11) is 1.71. The van der Waals surface area contributed by atoms with Gasteiger partial charge in [0.15, 0.2) is 6.10 Å². The SMILES string of the molecule is CN(C(=O)OC1c2ccccc2-c2ccccc21)C1(CO)CC1. The van der Waals surface area contributed by atoms with Crippen molar-refractivity contribution < 1.29 is 14.6 Å². The molecule has 2 aliphatic carbocycles. The Morgan fingerprint density at radius 1 is 1.13 bits per heavy atom. The molecule has 0 saturated heterocycles. The molecule has 1 N–H and O–H groups in total. The number of rotatable bonds is 3. The zero-order chi connectivity index (χ0) is 16.0. The molecule has 0 heterocycles. The number of aliphatic hydroxyl groups is 1. The molecule has 2 aliphatic rings. The lowest BCUT2D eigenvalue weighted by atomic mass is 10.1. The van der Waals surface area contributed by atoms with E-state index >= 15 is 0 Å². The molecule has 0 radical (unpaired) electrons. The van der Waals surface area contributed by atoms with E-state index in [1.807, 2.05) is 36.4 Å². The van der Waals surface area contributed by atoms with E-state index in [0.29, 0.717) is 0 Å². The highest BCUT2D eigenvalue weighted by Gasteiger charge is 2.49. The molecule has 0 spiro atoms. The van der Waals surface area contributed by atoms with Gasteiger partial charge in [-0.25, -0.2) is 4.79 Å². The number of benzene rings is 2. The van der Waals surface area contributed by atoms with Crippen molar-refractivity contribution in [2.75, 3.05) is 13.7 Å². The lowest BCUT2D eigenvalue weighted by molar-refractivity contribution is 0.0558. The second-order valence-electron chi connectivity index (χ2n) is 6.38. The van der Waals surface area contributed by atoms with Crippen LogP contribution in [0, 0.1) is 0 Å². The van der Waals surface area contributed by atoms with Crippen molar-refractivity contribution in [2.45, 2.75) is 24.5 Å². The van der Waals surface area contributed by atoms with Crippen molar-refractivity contribution in [1.29, 1.82) is 0 Å². The van der Waals surface area contributed by atoms with Gasteiger partial charge in [-0.3, -0.25) is 0 Å². The molecule has 118 valence electrons. The van der Waals surface area contributed by atoms with E-state index in [1.165, 1.54) is 0 Å². The monoisotopic (exact) mass is 309 g/mol. The van der Waals surface area contributed by atoms with E-state index in [0.717, 1.165) is 35.1 Å². The standard InChI is InChI=1S/C19H19NO3/c1-20(19(12-21)10-11-19)18(22)23-17-15-8-4-2-6-13(15)14-7-3-5-9-16(14)17/h2-9,17,21H,10-12H2,1H3. The molecule has 4 nitrogen and oxygen atoms in total. The van der Waals surface area contributed by atoms with E-state index < -0.39 is 5.54 Å². The highest BCUT2D eigenvalue weighted by Crippen LogP contribution is 2.46. The Labute approximate surface area is 135 Å². The minimum absolute atomic E-state index is 0.0174. The lowest BCUT2D eigenvalue weighted by Gasteiger charge is -2.27. The number of carbonyl (C=O) groups excluding carboxylic acids is 1. The Morgan fingerprint density at radius 2 is 1.65 bits per heavy atom. The molecule has 1 fully saturated rings. The zero-order valence-electron chi connectivity index (χ0n) is 13.0. The first kappa shape index (κ1) is 14.3. The Morgan fingerprint density at radius 3 is 2.13 bits per heavy atom. The summed E-state index contributed by atoms with van der Waals surface area (Å²) in [5.74, 6) is 0. The minimum atomic E-state index is -0.422. The molecule has 2 aromatic rings. The maximum absolute atomic E-state index is 12.6. The quantitative estimate of drug-likeness (QED) is 0.946. The van der Waals surface area contributed by atoms with E-state index in [-0.39, 0.29) is 18.8 Å². The first-order valence-electron chi connectivity index (χ1n) is 7.90. The Balaban J connectivity index is 1.66. The second-order valence-corrected chi connectivity index (χ2v) is 6.38. The Kier molecular flexibility index (Phi) is 3.16. The third kappa shape index (κ3) is 2.13. The van der Waals surface area contributed by atoms with Gasteiger partial charge < -0.3 is 14.7 Å². The molecule has 2 aromatic carbocycles. The van der Waals surface area contributed by atoms with E-state index in [2.05, 4.69) is 12.1 Å². The molecular formula is C19H19NO3. The largest absolute Gasteiger partial charge is 0.436 e. The summed E-state index contributed by atoms with van der Waals surface area (Å²) in [6.45, 7) is -0.0174. The normalized spacial score (nSPS) is 17.3. The number of carbonyl (C=O) groups is 1. The number of amides is 1. The summed E-state index contributed by atoms with van der Waals surface area (Å²) in [4.78, 5) is 14.1. The molecule has 4 heteroatoms. The predicted molar refractivity (Wildman–Crippen MR) is 87.0 cm³/mol. The molecule has 23 heavy (non-hydrogen) atoms. The van der Waals surface area contributed by atoms with Crippen LogP contribution in [0.1, 0.15) is 30.1 Å². The number of nitrogens with zero attached hydrogens (tertiary/aromatic N) is 1. The smallest absolute Gasteiger partial charge is 0.411 e. The van der Waals surface area contributed by atoms with Crippen molar-refractivity contribution in [3.05, 3.63) is 59.7 Å². The number of hydrogen-bond donors (Lipinski definition) is 1. The van der Waals surface area contributed by atoms with Gasteiger partial charge in [-0.05, 0) is 24.0 Å². The van der Waals surface area contributed by atoms with Gasteiger partial charge in [0.2, 0.25) is 0 Å². The summed E-state index contributed by atoms with van der Waals surface area (Å²) in [5, 5.41) is 9.50. The maximum atomic E-state index is 12.6. The van der Waals surface area contributed by atoms with Crippen LogP contribution in [0.5, 0.6) is 0 Å². The van der Waals surface area contributed by atoms with Gasteiger partial charge in [0.25, 0.3) is 0 Å². The maximum Gasteiger partial charge on any atom is 0.411 e. The first-order valence-corrected chi connectivity index (χ1v) is 7.90. The van der Waals surface area contributed by atoms with Crippen molar-refractivity contribution in [1.82, 2.24) is 4.90 Å². The highest BCUT2D eigenvalue weighted by molar-refractivity contribution is 5.80. The van der Waals surface area contributed by atoms with Crippen LogP contribution in [-0.2, 0) is 4.74 Å².